The van der Waals surface area contributed by atoms with Gasteiger partial charge < -0.3 is 9.84 Å². The van der Waals surface area contributed by atoms with Crippen molar-refractivity contribution in [2.75, 3.05) is 0 Å². The molecular formula is C9H11B3FNO2. The van der Waals surface area contributed by atoms with Crippen molar-refractivity contribution in [3.8, 4) is 11.8 Å². The number of rotatable bonds is 3. The maximum Gasteiger partial charge on any atom is 0.145 e. The van der Waals surface area contributed by atoms with Gasteiger partial charge >= 0.3 is 0 Å². The van der Waals surface area contributed by atoms with Crippen molar-refractivity contribution >= 4 is 23.5 Å². The van der Waals surface area contributed by atoms with Gasteiger partial charge in [-0.25, -0.2) is 4.39 Å². The molecule has 0 saturated carbocycles. The molecule has 0 amide bonds. The Labute approximate surface area is 96.4 Å². The topological polar surface area (TPSA) is 53.2 Å². The molecule has 3 nitrogen and oxygen atoms in total. The van der Waals surface area contributed by atoms with E-state index in [1.54, 1.807) is 29.6 Å². The monoisotopic (exact) mass is 217 g/mol. The second kappa shape index (κ2) is 4.62. The largest absolute Gasteiger partial charge is 0.512 e. The highest BCUT2D eigenvalue weighted by Crippen LogP contribution is 2.25. The van der Waals surface area contributed by atoms with Crippen LogP contribution in [-0.2, 0) is 6.61 Å². The number of aliphatic hydroxyl groups excluding tert-OH is 1. The third-order valence-electron chi connectivity index (χ3n) is 1.82. The van der Waals surface area contributed by atoms with Crippen molar-refractivity contribution in [3.05, 3.63) is 29.1 Å². The lowest BCUT2D eigenvalue weighted by atomic mass is 9.52. The van der Waals surface area contributed by atoms with Gasteiger partial charge in [0.05, 0.1) is 6.61 Å². The molecule has 1 aromatic carbocycles. The molecule has 0 unspecified atom stereocenters. The smallest absolute Gasteiger partial charge is 0.145 e. The average molecular weight is 217 g/mol. The Morgan fingerprint density at radius 3 is 2.50 bits per heavy atom. The van der Waals surface area contributed by atoms with Crippen LogP contribution in [0.25, 0.3) is 0 Å². The molecule has 16 heavy (non-hydrogen) atoms. The van der Waals surface area contributed by atoms with Crippen LogP contribution in [-0.4, -0.2) is 33.9 Å². The minimum absolute atomic E-state index is 0.132. The van der Waals surface area contributed by atoms with Crippen LogP contribution in [0.15, 0.2) is 12.1 Å². The van der Waals surface area contributed by atoms with E-state index in [4.69, 9.17) is 15.1 Å². The second-order valence-corrected chi connectivity index (χ2v) is 4.44. The van der Waals surface area contributed by atoms with E-state index in [2.05, 4.69) is 0 Å². The highest BCUT2D eigenvalue weighted by Gasteiger charge is 2.18. The highest BCUT2D eigenvalue weighted by molar-refractivity contribution is 6.58. The quantitative estimate of drug-likeness (QED) is 0.600. The zero-order valence-corrected chi connectivity index (χ0v) is 9.54. The summed E-state index contributed by atoms with van der Waals surface area (Å²) >= 11 is 0. The molecule has 1 rings (SSSR count). The molecule has 80 valence electrons. The van der Waals surface area contributed by atoms with Gasteiger partial charge in [0.1, 0.15) is 46.7 Å². The summed E-state index contributed by atoms with van der Waals surface area (Å²) in [5.41, 5.74) is 0.253. The molecule has 1 aromatic rings. The van der Waals surface area contributed by atoms with Gasteiger partial charge in [-0.15, -0.1) is 0 Å². The molecule has 0 aromatic heterocycles. The maximum atomic E-state index is 13.5. The summed E-state index contributed by atoms with van der Waals surface area (Å²) in [6, 6.07) is 4.37. The van der Waals surface area contributed by atoms with Crippen LogP contribution in [0.1, 0.15) is 11.1 Å². The van der Waals surface area contributed by atoms with Gasteiger partial charge in [0.15, 0.2) is 0 Å². The number of halogens is 1. The summed E-state index contributed by atoms with van der Waals surface area (Å²) in [6.07, 6.45) is 0. The van der Waals surface area contributed by atoms with E-state index in [1.165, 1.54) is 6.07 Å². The predicted molar refractivity (Wildman–Crippen MR) is 66.0 cm³/mol. The van der Waals surface area contributed by atoms with Crippen molar-refractivity contribution in [1.82, 2.24) is 0 Å². The molecule has 0 saturated heterocycles. The van der Waals surface area contributed by atoms with Crippen LogP contribution in [0.5, 0.6) is 5.75 Å². The van der Waals surface area contributed by atoms with Gasteiger partial charge in [-0.1, -0.05) is 0 Å². The first kappa shape index (κ1) is 12.7. The Balaban J connectivity index is 3.25. The summed E-state index contributed by atoms with van der Waals surface area (Å²) in [5, 5.41) is 17.2. The van der Waals surface area contributed by atoms with E-state index in [0.29, 0.717) is 5.56 Å². The van der Waals surface area contributed by atoms with Gasteiger partial charge in [0, 0.05) is 5.30 Å². The average Bonchev–Trinajstić information content (AvgIpc) is 2.14. The summed E-state index contributed by atoms with van der Waals surface area (Å²) in [4.78, 5) is 0. The van der Waals surface area contributed by atoms with E-state index in [1.807, 2.05) is 0 Å². The van der Waals surface area contributed by atoms with Gasteiger partial charge in [-0.2, -0.15) is 5.26 Å². The number of hydrogen-bond acceptors (Lipinski definition) is 3. The summed E-state index contributed by atoms with van der Waals surface area (Å²) < 4.78 is 18.9. The number of ether oxygens (including phenoxy) is 1. The van der Waals surface area contributed by atoms with Crippen LogP contribution >= 0.6 is 0 Å². The second-order valence-electron chi connectivity index (χ2n) is 4.44. The first-order valence-electron chi connectivity index (χ1n) is 4.90. The van der Waals surface area contributed by atoms with Gasteiger partial charge in [-0.05, 0) is 17.7 Å². The SMILES string of the molecule is BC(B)(B)Oc1cc(CO)cc(F)c1C#N. The van der Waals surface area contributed by atoms with Crippen molar-refractivity contribution < 1.29 is 14.2 Å². The zero-order chi connectivity index (χ0) is 12.3. The molecule has 0 radical (unpaired) electrons. The third-order valence-corrected chi connectivity index (χ3v) is 1.82. The maximum absolute atomic E-state index is 13.5. The van der Waals surface area contributed by atoms with Crippen molar-refractivity contribution in [2.24, 2.45) is 0 Å². The van der Waals surface area contributed by atoms with E-state index in [0.717, 1.165) is 6.07 Å². The Morgan fingerprint density at radius 2 is 2.06 bits per heavy atom. The molecule has 1 N–H and O–H groups in total. The molecule has 0 aliphatic heterocycles. The molecule has 0 bridgehead atoms. The van der Waals surface area contributed by atoms with Crippen molar-refractivity contribution in [1.29, 1.82) is 5.26 Å². The van der Waals surface area contributed by atoms with E-state index < -0.39 is 11.1 Å². The lowest BCUT2D eigenvalue weighted by Gasteiger charge is -2.23. The fourth-order valence-corrected chi connectivity index (χ4v) is 1.25. The highest BCUT2D eigenvalue weighted by atomic mass is 19.1. The third kappa shape index (κ3) is 3.04. The Bertz CT molecular complexity index is 440. The minimum Gasteiger partial charge on any atom is -0.512 e. The Kier molecular flexibility index (Phi) is 3.66. The van der Waals surface area contributed by atoms with Gasteiger partial charge in [0.2, 0.25) is 0 Å². The minimum atomic E-state index is -0.673. The fourth-order valence-electron chi connectivity index (χ4n) is 1.25. The number of aliphatic hydroxyl groups is 1. The first-order chi connectivity index (χ1) is 7.37. The van der Waals surface area contributed by atoms with Crippen LogP contribution in [0.2, 0.25) is 0 Å². The standard InChI is InChI=1S/C9H11B3FNO2/c10-9(11,12)16-8-2-5(4-15)1-7(13)6(8)3-14/h1-2,15H,4,10-12H2. The van der Waals surface area contributed by atoms with Crippen LogP contribution in [0, 0.1) is 17.1 Å². The molecule has 0 aliphatic carbocycles. The molecule has 0 atom stereocenters. The number of benzene rings is 1. The Hall–Kier alpha value is -1.41. The van der Waals surface area contributed by atoms with Crippen molar-refractivity contribution in [2.45, 2.75) is 11.9 Å². The molecule has 7 heteroatoms. The summed E-state index contributed by atoms with van der Waals surface area (Å²) in [7, 11) is 5.41. The lowest BCUT2D eigenvalue weighted by Crippen LogP contribution is -2.37. The first-order valence-corrected chi connectivity index (χ1v) is 4.90. The predicted octanol–water partition coefficient (Wildman–Crippen LogP) is -1.92. The van der Waals surface area contributed by atoms with Crippen molar-refractivity contribution in [3.63, 3.8) is 0 Å². The van der Waals surface area contributed by atoms with Crippen LogP contribution < -0.4 is 4.74 Å². The number of hydrogen-bond donors (Lipinski definition) is 1. The van der Waals surface area contributed by atoms with E-state index in [9.17, 15) is 4.39 Å². The molecule has 0 fully saturated rings. The summed E-state index contributed by atoms with van der Waals surface area (Å²) in [5.74, 6) is -0.507. The normalized spacial score (nSPS) is 10.8. The Morgan fingerprint density at radius 1 is 1.44 bits per heavy atom. The van der Waals surface area contributed by atoms with E-state index in [-0.39, 0.29) is 17.9 Å². The van der Waals surface area contributed by atoms with Gasteiger partial charge in [-0.3, -0.25) is 0 Å². The number of nitriles is 1. The van der Waals surface area contributed by atoms with Gasteiger partial charge in [0.25, 0.3) is 0 Å². The zero-order valence-electron chi connectivity index (χ0n) is 9.54. The number of nitrogens with zero attached hydrogens (tertiary/aromatic N) is 1. The van der Waals surface area contributed by atoms with Crippen LogP contribution in [0.4, 0.5) is 4.39 Å². The summed E-state index contributed by atoms with van der Waals surface area (Å²) in [6.45, 7) is -0.289. The fraction of sp³-hybridized carbons (Fsp3) is 0.222. The molecular weight excluding hydrogens is 206 g/mol. The molecule has 0 heterocycles. The van der Waals surface area contributed by atoms with E-state index >= 15 is 0 Å². The lowest BCUT2D eigenvalue weighted by molar-refractivity contribution is 0.277. The van der Waals surface area contributed by atoms with Crippen LogP contribution in [0.3, 0.4) is 0 Å². The molecule has 0 spiro atoms. The molecule has 0 aliphatic rings.